The van der Waals surface area contributed by atoms with Gasteiger partial charge in [0.05, 0.1) is 0 Å². The maximum Gasteiger partial charge on any atom is 0.294 e. The second-order valence-corrected chi connectivity index (χ2v) is 3.47. The molecule has 1 aromatic rings. The van der Waals surface area contributed by atoms with Gasteiger partial charge in [0.15, 0.2) is 0 Å². The van der Waals surface area contributed by atoms with Gasteiger partial charge in [-0.05, 0) is 24.6 Å². The number of carbonyl (C=O) groups excluding carboxylic acids is 2. The van der Waals surface area contributed by atoms with Crippen LogP contribution in [-0.4, -0.2) is 18.2 Å². The Morgan fingerprint density at radius 3 is 2.64 bits per heavy atom. The van der Waals surface area contributed by atoms with E-state index < -0.39 is 0 Å². The van der Waals surface area contributed by atoms with Crippen molar-refractivity contribution in [3.8, 4) is 0 Å². The first kappa shape index (κ1) is 8.94. The van der Waals surface area contributed by atoms with Gasteiger partial charge in [0, 0.05) is 18.7 Å². The summed E-state index contributed by atoms with van der Waals surface area (Å²) in [5, 5.41) is 0. The van der Waals surface area contributed by atoms with E-state index in [0.29, 0.717) is 13.0 Å². The molecule has 0 bridgehead atoms. The molecule has 3 heteroatoms. The van der Waals surface area contributed by atoms with Crippen LogP contribution in [0.2, 0.25) is 0 Å². The quantitative estimate of drug-likeness (QED) is 0.624. The van der Waals surface area contributed by atoms with Crippen molar-refractivity contribution in [1.82, 2.24) is 0 Å². The summed E-state index contributed by atoms with van der Waals surface area (Å²) < 4.78 is 0. The number of amides is 1. The number of benzene rings is 1. The monoisotopic (exact) mass is 189 g/mol. The van der Waals surface area contributed by atoms with Gasteiger partial charge in [-0.3, -0.25) is 9.59 Å². The molecule has 0 N–H and O–H groups in total. The van der Waals surface area contributed by atoms with Crippen molar-refractivity contribution >= 4 is 17.4 Å². The van der Waals surface area contributed by atoms with E-state index in [0.717, 1.165) is 11.3 Å². The summed E-state index contributed by atoms with van der Waals surface area (Å²) in [7, 11) is 0. The van der Waals surface area contributed by atoms with Crippen molar-refractivity contribution in [3.05, 3.63) is 29.8 Å². The minimum atomic E-state index is -0.379. The molecular weight excluding hydrogens is 178 g/mol. The summed E-state index contributed by atoms with van der Waals surface area (Å²) in [6.07, 6.45) is 0.340. The summed E-state index contributed by atoms with van der Waals surface area (Å²) in [5.74, 6) is -0.665. The SMILES string of the molecule is Cc1cccc(N2CCC(=O)C2=O)c1. The van der Waals surface area contributed by atoms with Crippen molar-refractivity contribution < 1.29 is 9.59 Å². The highest BCUT2D eigenvalue weighted by Crippen LogP contribution is 2.20. The van der Waals surface area contributed by atoms with E-state index in [1.165, 1.54) is 4.90 Å². The van der Waals surface area contributed by atoms with Gasteiger partial charge < -0.3 is 4.90 Å². The number of rotatable bonds is 1. The Morgan fingerprint density at radius 2 is 2.07 bits per heavy atom. The summed E-state index contributed by atoms with van der Waals surface area (Å²) in [6.45, 7) is 2.48. The van der Waals surface area contributed by atoms with Crippen molar-refractivity contribution in [2.75, 3.05) is 11.4 Å². The molecule has 0 unspecified atom stereocenters. The van der Waals surface area contributed by atoms with Gasteiger partial charge >= 0.3 is 0 Å². The van der Waals surface area contributed by atoms with Gasteiger partial charge in [-0.1, -0.05) is 12.1 Å². The number of hydrogen-bond acceptors (Lipinski definition) is 2. The van der Waals surface area contributed by atoms with Crippen molar-refractivity contribution in [1.29, 1.82) is 0 Å². The van der Waals surface area contributed by atoms with Crippen LogP contribution in [0.25, 0.3) is 0 Å². The summed E-state index contributed by atoms with van der Waals surface area (Å²) >= 11 is 0. The number of ketones is 1. The lowest BCUT2D eigenvalue weighted by Gasteiger charge is -2.14. The number of carbonyl (C=O) groups is 2. The fourth-order valence-corrected chi connectivity index (χ4v) is 1.61. The first-order valence-electron chi connectivity index (χ1n) is 4.60. The standard InChI is InChI=1S/C11H11NO2/c1-8-3-2-4-9(7-8)12-6-5-10(13)11(12)14/h2-4,7H,5-6H2,1H3. The summed E-state index contributed by atoms with van der Waals surface area (Å²) in [4.78, 5) is 24.0. The van der Waals surface area contributed by atoms with Crippen LogP contribution < -0.4 is 4.90 Å². The fourth-order valence-electron chi connectivity index (χ4n) is 1.61. The van der Waals surface area contributed by atoms with E-state index in [1.54, 1.807) is 0 Å². The maximum atomic E-state index is 11.4. The zero-order chi connectivity index (χ0) is 10.1. The predicted octanol–water partition coefficient (Wildman–Crippen LogP) is 1.30. The van der Waals surface area contributed by atoms with Crippen LogP contribution in [0, 0.1) is 6.92 Å². The number of aryl methyl sites for hydroxylation is 1. The molecule has 1 aliphatic heterocycles. The normalized spacial score (nSPS) is 16.5. The molecule has 0 radical (unpaired) electrons. The Morgan fingerprint density at radius 1 is 1.29 bits per heavy atom. The van der Waals surface area contributed by atoms with Crippen molar-refractivity contribution in [3.63, 3.8) is 0 Å². The molecule has 0 spiro atoms. The average Bonchev–Trinajstić information content (AvgIpc) is 2.48. The van der Waals surface area contributed by atoms with E-state index in [-0.39, 0.29) is 11.7 Å². The highest BCUT2D eigenvalue weighted by atomic mass is 16.2. The first-order chi connectivity index (χ1) is 6.68. The zero-order valence-electron chi connectivity index (χ0n) is 7.99. The second kappa shape index (κ2) is 3.25. The number of nitrogens with zero attached hydrogens (tertiary/aromatic N) is 1. The van der Waals surface area contributed by atoms with E-state index in [9.17, 15) is 9.59 Å². The lowest BCUT2D eigenvalue weighted by atomic mass is 10.2. The van der Waals surface area contributed by atoms with Crippen molar-refractivity contribution in [2.45, 2.75) is 13.3 Å². The molecule has 2 rings (SSSR count). The Bertz CT molecular complexity index is 398. The van der Waals surface area contributed by atoms with Crippen LogP contribution in [0.15, 0.2) is 24.3 Å². The molecule has 0 aliphatic carbocycles. The van der Waals surface area contributed by atoms with Crippen LogP contribution in [0.1, 0.15) is 12.0 Å². The van der Waals surface area contributed by atoms with E-state index in [2.05, 4.69) is 0 Å². The molecule has 0 saturated carbocycles. The molecule has 0 aromatic heterocycles. The van der Waals surface area contributed by atoms with E-state index in [1.807, 2.05) is 31.2 Å². The molecule has 1 saturated heterocycles. The highest BCUT2D eigenvalue weighted by Gasteiger charge is 2.29. The molecule has 14 heavy (non-hydrogen) atoms. The van der Waals surface area contributed by atoms with Gasteiger partial charge in [0.1, 0.15) is 0 Å². The van der Waals surface area contributed by atoms with Crippen LogP contribution in [-0.2, 0) is 9.59 Å². The van der Waals surface area contributed by atoms with Gasteiger partial charge in [0.25, 0.3) is 5.91 Å². The van der Waals surface area contributed by atoms with E-state index in [4.69, 9.17) is 0 Å². The fraction of sp³-hybridized carbons (Fsp3) is 0.273. The Balaban J connectivity index is 2.32. The highest BCUT2D eigenvalue weighted by molar-refractivity contribution is 6.43. The number of hydrogen-bond donors (Lipinski definition) is 0. The number of anilines is 1. The molecule has 1 heterocycles. The minimum absolute atomic E-state index is 0.286. The molecule has 72 valence electrons. The van der Waals surface area contributed by atoms with Crippen LogP contribution in [0.4, 0.5) is 5.69 Å². The largest absolute Gasteiger partial charge is 0.305 e. The van der Waals surface area contributed by atoms with E-state index >= 15 is 0 Å². The smallest absolute Gasteiger partial charge is 0.294 e. The molecule has 3 nitrogen and oxygen atoms in total. The molecule has 1 amide bonds. The number of Topliss-reactive ketones (excluding diaryl/α,β-unsaturated/α-hetero) is 1. The molecule has 1 aliphatic rings. The third-order valence-corrected chi connectivity index (χ3v) is 2.36. The Labute approximate surface area is 82.3 Å². The lowest BCUT2D eigenvalue weighted by Crippen LogP contribution is -2.26. The third-order valence-electron chi connectivity index (χ3n) is 2.36. The van der Waals surface area contributed by atoms with Gasteiger partial charge in [-0.2, -0.15) is 0 Å². The summed E-state index contributed by atoms with van der Waals surface area (Å²) in [6, 6.07) is 7.62. The molecule has 1 aromatic carbocycles. The average molecular weight is 189 g/mol. The molecule has 0 atom stereocenters. The van der Waals surface area contributed by atoms with Gasteiger partial charge in [-0.15, -0.1) is 0 Å². The zero-order valence-corrected chi connectivity index (χ0v) is 7.99. The van der Waals surface area contributed by atoms with Crippen molar-refractivity contribution in [2.24, 2.45) is 0 Å². The van der Waals surface area contributed by atoms with Crippen LogP contribution in [0.5, 0.6) is 0 Å². The van der Waals surface area contributed by atoms with Gasteiger partial charge in [0.2, 0.25) is 5.78 Å². The molecular formula is C11H11NO2. The Hall–Kier alpha value is -1.64. The first-order valence-corrected chi connectivity index (χ1v) is 4.60. The minimum Gasteiger partial charge on any atom is -0.305 e. The topological polar surface area (TPSA) is 37.4 Å². The van der Waals surface area contributed by atoms with Crippen LogP contribution >= 0.6 is 0 Å². The molecule has 1 fully saturated rings. The van der Waals surface area contributed by atoms with Gasteiger partial charge in [-0.25, -0.2) is 0 Å². The maximum absolute atomic E-state index is 11.4. The van der Waals surface area contributed by atoms with Crippen LogP contribution in [0.3, 0.4) is 0 Å². The second-order valence-electron chi connectivity index (χ2n) is 3.47. The summed E-state index contributed by atoms with van der Waals surface area (Å²) in [5.41, 5.74) is 1.91. The third kappa shape index (κ3) is 1.41. The predicted molar refractivity (Wildman–Crippen MR) is 53.2 cm³/mol. The Kier molecular flexibility index (Phi) is 2.08. The lowest BCUT2D eigenvalue weighted by molar-refractivity contribution is -0.133.